The van der Waals surface area contributed by atoms with Gasteiger partial charge in [0.05, 0.1) is 18.9 Å². The Morgan fingerprint density at radius 3 is 2.67 bits per heavy atom. The van der Waals surface area contributed by atoms with Crippen LogP contribution in [0.2, 0.25) is 0 Å². The Morgan fingerprint density at radius 1 is 1.03 bits per heavy atom. The third kappa shape index (κ3) is 3.20. The van der Waals surface area contributed by atoms with Gasteiger partial charge in [0.1, 0.15) is 5.52 Å². The Balaban J connectivity index is 1.23. The van der Waals surface area contributed by atoms with Crippen LogP contribution in [0.1, 0.15) is 17.5 Å². The predicted molar refractivity (Wildman–Crippen MR) is 112 cm³/mol. The quantitative estimate of drug-likeness (QED) is 0.726. The molecule has 1 amide bonds. The number of ether oxygens (including phenoxy) is 1. The minimum Gasteiger partial charge on any atom is -0.436 e. The number of nitrogens with zero attached hydrogens (tertiary/aromatic N) is 3. The van der Waals surface area contributed by atoms with E-state index >= 15 is 0 Å². The highest BCUT2D eigenvalue weighted by molar-refractivity contribution is 6.10. The molecule has 2 atom stereocenters. The maximum Gasteiger partial charge on any atom is 0.243 e. The molecule has 6 rings (SSSR count). The van der Waals surface area contributed by atoms with Gasteiger partial charge >= 0.3 is 0 Å². The molecule has 7 nitrogen and oxygen atoms in total. The number of hydrogen-bond acceptors (Lipinski definition) is 6. The first-order valence-corrected chi connectivity index (χ1v) is 10.4. The van der Waals surface area contributed by atoms with Crippen LogP contribution in [0.5, 0.6) is 0 Å². The molecule has 3 aromatic rings. The molecule has 2 aromatic carbocycles. The van der Waals surface area contributed by atoms with Gasteiger partial charge in [0, 0.05) is 42.6 Å². The smallest absolute Gasteiger partial charge is 0.243 e. The van der Waals surface area contributed by atoms with E-state index in [1.807, 2.05) is 18.2 Å². The van der Waals surface area contributed by atoms with Gasteiger partial charge in [-0.25, -0.2) is 10.4 Å². The standard InChI is InChI=1S/C23H22N4O3/c28-22-18-12-17(18)21(25-26-22)16-5-6-19-20(11-16)30-23(24-19)15-3-1-14(2-4-15)13-27-7-9-29-10-8-27/h1-6,11,17-18H,7-10,12-13H2,(H,26,28). The number of aromatic nitrogens is 1. The third-order valence-electron chi connectivity index (χ3n) is 6.16. The van der Waals surface area contributed by atoms with Crippen LogP contribution in [-0.2, 0) is 16.1 Å². The molecule has 3 heterocycles. The van der Waals surface area contributed by atoms with Gasteiger partial charge in [-0.15, -0.1) is 0 Å². The molecule has 2 fully saturated rings. The van der Waals surface area contributed by atoms with Crippen molar-refractivity contribution in [3.8, 4) is 11.5 Å². The average Bonchev–Trinajstić information content (AvgIpc) is 3.48. The summed E-state index contributed by atoms with van der Waals surface area (Å²) >= 11 is 0. The average molecular weight is 402 g/mol. The van der Waals surface area contributed by atoms with Crippen molar-refractivity contribution in [2.75, 3.05) is 26.3 Å². The molecule has 7 heteroatoms. The predicted octanol–water partition coefficient (Wildman–Crippen LogP) is 2.80. The Bertz CT molecular complexity index is 1140. The van der Waals surface area contributed by atoms with E-state index in [2.05, 4.69) is 44.7 Å². The number of hydrazone groups is 1. The zero-order chi connectivity index (χ0) is 20.1. The van der Waals surface area contributed by atoms with Crippen LogP contribution in [-0.4, -0.2) is 47.8 Å². The van der Waals surface area contributed by atoms with Gasteiger partial charge < -0.3 is 9.15 Å². The van der Waals surface area contributed by atoms with Crippen molar-refractivity contribution in [1.82, 2.24) is 15.3 Å². The van der Waals surface area contributed by atoms with Crippen molar-refractivity contribution in [3.63, 3.8) is 0 Å². The van der Waals surface area contributed by atoms with Crippen LogP contribution in [0, 0.1) is 11.8 Å². The molecule has 1 aliphatic carbocycles. The lowest BCUT2D eigenvalue weighted by molar-refractivity contribution is -0.122. The summed E-state index contributed by atoms with van der Waals surface area (Å²) in [6, 6.07) is 14.3. The van der Waals surface area contributed by atoms with Crippen molar-refractivity contribution in [2.24, 2.45) is 16.9 Å². The first kappa shape index (κ1) is 17.8. The second kappa shape index (κ2) is 7.04. The number of benzene rings is 2. The van der Waals surface area contributed by atoms with Crippen molar-refractivity contribution in [3.05, 3.63) is 53.6 Å². The number of carbonyl (C=O) groups excluding carboxylic acids is 1. The number of hydrogen-bond donors (Lipinski definition) is 1. The van der Waals surface area contributed by atoms with E-state index in [9.17, 15) is 4.79 Å². The van der Waals surface area contributed by atoms with Gasteiger partial charge in [-0.05, 0) is 36.2 Å². The van der Waals surface area contributed by atoms with Gasteiger partial charge in [-0.1, -0.05) is 18.2 Å². The van der Waals surface area contributed by atoms with Crippen LogP contribution in [0.15, 0.2) is 52.0 Å². The van der Waals surface area contributed by atoms with Crippen LogP contribution in [0.25, 0.3) is 22.6 Å². The van der Waals surface area contributed by atoms with E-state index < -0.39 is 0 Å². The van der Waals surface area contributed by atoms with E-state index in [-0.39, 0.29) is 17.7 Å². The molecule has 1 saturated heterocycles. The van der Waals surface area contributed by atoms with Crippen LogP contribution < -0.4 is 5.43 Å². The highest BCUT2D eigenvalue weighted by Crippen LogP contribution is 2.43. The number of amides is 1. The Labute approximate surface area is 173 Å². The SMILES string of the molecule is O=C1NN=C(c2ccc3nc(-c4ccc(CN5CCOCC5)cc4)oc3c2)C2CC12. The molecule has 2 unspecified atom stereocenters. The van der Waals surface area contributed by atoms with Crippen molar-refractivity contribution in [1.29, 1.82) is 0 Å². The van der Waals surface area contributed by atoms with E-state index in [0.717, 1.165) is 67.2 Å². The number of oxazole rings is 1. The first-order chi connectivity index (χ1) is 14.7. The first-order valence-electron chi connectivity index (χ1n) is 10.4. The molecule has 3 aliphatic rings. The molecule has 0 spiro atoms. The van der Waals surface area contributed by atoms with Crippen LogP contribution in [0.3, 0.4) is 0 Å². The summed E-state index contributed by atoms with van der Waals surface area (Å²) in [5.74, 6) is 0.958. The van der Waals surface area contributed by atoms with E-state index in [1.54, 1.807) is 0 Å². The second-order valence-corrected chi connectivity index (χ2v) is 8.21. The van der Waals surface area contributed by atoms with Gasteiger partial charge in [-0.3, -0.25) is 9.69 Å². The summed E-state index contributed by atoms with van der Waals surface area (Å²) in [4.78, 5) is 18.7. The molecule has 152 valence electrons. The number of rotatable bonds is 4. The fourth-order valence-electron chi connectivity index (χ4n) is 4.32. The molecule has 2 aliphatic heterocycles. The third-order valence-corrected chi connectivity index (χ3v) is 6.16. The van der Waals surface area contributed by atoms with Gasteiger partial charge in [0.25, 0.3) is 0 Å². The normalized spacial score (nSPS) is 23.7. The molecule has 0 bridgehead atoms. The molecule has 0 radical (unpaired) electrons. The summed E-state index contributed by atoms with van der Waals surface area (Å²) in [5.41, 5.74) is 8.34. The van der Waals surface area contributed by atoms with Gasteiger partial charge in [0.15, 0.2) is 5.58 Å². The summed E-state index contributed by atoms with van der Waals surface area (Å²) in [5, 5.41) is 4.28. The molecule has 1 saturated carbocycles. The van der Waals surface area contributed by atoms with Crippen molar-refractivity contribution < 1.29 is 13.9 Å². The Kier molecular flexibility index (Phi) is 4.17. The van der Waals surface area contributed by atoms with Crippen LogP contribution in [0.4, 0.5) is 0 Å². The lowest BCUT2D eigenvalue weighted by Gasteiger charge is -2.26. The second-order valence-electron chi connectivity index (χ2n) is 8.21. The fourth-order valence-corrected chi connectivity index (χ4v) is 4.32. The van der Waals surface area contributed by atoms with E-state index in [1.165, 1.54) is 5.56 Å². The number of carbonyl (C=O) groups is 1. The molecule has 1 N–H and O–H groups in total. The molecular formula is C23H22N4O3. The number of fused-ring (bicyclic) bond motifs is 2. The highest BCUT2D eigenvalue weighted by atomic mass is 16.5. The molecular weight excluding hydrogens is 380 g/mol. The van der Waals surface area contributed by atoms with Crippen LogP contribution >= 0.6 is 0 Å². The maximum atomic E-state index is 11.7. The summed E-state index contributed by atoms with van der Waals surface area (Å²) in [7, 11) is 0. The minimum atomic E-state index is 0.0313. The summed E-state index contributed by atoms with van der Waals surface area (Å²) in [6.07, 6.45) is 0.876. The summed E-state index contributed by atoms with van der Waals surface area (Å²) in [6.45, 7) is 4.51. The summed E-state index contributed by atoms with van der Waals surface area (Å²) < 4.78 is 11.5. The lowest BCUT2D eigenvalue weighted by atomic mass is 10.0. The topological polar surface area (TPSA) is 80.0 Å². The van der Waals surface area contributed by atoms with E-state index in [0.29, 0.717) is 5.89 Å². The van der Waals surface area contributed by atoms with Crippen molar-refractivity contribution >= 4 is 22.7 Å². The largest absolute Gasteiger partial charge is 0.436 e. The van der Waals surface area contributed by atoms with E-state index in [4.69, 9.17) is 9.15 Å². The molecule has 30 heavy (non-hydrogen) atoms. The van der Waals surface area contributed by atoms with Gasteiger partial charge in [0.2, 0.25) is 11.8 Å². The van der Waals surface area contributed by atoms with Gasteiger partial charge in [-0.2, -0.15) is 5.10 Å². The lowest BCUT2D eigenvalue weighted by Crippen LogP contribution is -2.35. The number of morpholine rings is 1. The highest BCUT2D eigenvalue weighted by Gasteiger charge is 2.49. The Hall–Kier alpha value is -3.03. The number of nitrogens with one attached hydrogen (secondary N) is 1. The monoisotopic (exact) mass is 402 g/mol. The zero-order valence-electron chi connectivity index (χ0n) is 16.5. The minimum absolute atomic E-state index is 0.0313. The zero-order valence-corrected chi connectivity index (χ0v) is 16.5. The molecule has 1 aromatic heterocycles. The Morgan fingerprint density at radius 2 is 1.83 bits per heavy atom. The van der Waals surface area contributed by atoms with Crippen molar-refractivity contribution in [2.45, 2.75) is 13.0 Å². The maximum absolute atomic E-state index is 11.7. The fraction of sp³-hybridized carbons (Fsp3) is 0.348.